The minimum atomic E-state index is -4.54. The van der Waals surface area contributed by atoms with Gasteiger partial charge >= 0.3 is 6.18 Å². The Morgan fingerprint density at radius 3 is 2.51 bits per heavy atom. The molecule has 3 aliphatic heterocycles. The van der Waals surface area contributed by atoms with E-state index in [0.717, 1.165) is 11.6 Å². The number of pyridine rings is 1. The van der Waals surface area contributed by atoms with Crippen LogP contribution in [0.5, 0.6) is 0 Å². The number of hydrogen-bond acceptors (Lipinski definition) is 5. The van der Waals surface area contributed by atoms with Crippen molar-refractivity contribution in [3.8, 4) is 0 Å². The number of alkyl halides is 3. The number of nitrogens with one attached hydrogen (secondary N) is 1. The van der Waals surface area contributed by atoms with Crippen LogP contribution in [0.4, 0.5) is 27.8 Å². The maximum Gasteiger partial charge on any atom is 0.401 e. The molecule has 13 heteroatoms. The number of halogens is 5. The number of aromatic nitrogens is 4. The number of piperidine rings is 1. The zero-order valence-electron chi connectivity index (χ0n) is 23.1. The van der Waals surface area contributed by atoms with Crippen molar-refractivity contribution in [3.05, 3.63) is 70.9 Å². The van der Waals surface area contributed by atoms with E-state index in [9.17, 15) is 31.5 Å². The third-order valence-corrected chi connectivity index (χ3v) is 9.93. The number of benzene rings is 1. The number of nitrogens with zero attached hydrogens (tertiary/aromatic N) is 5. The van der Waals surface area contributed by atoms with Crippen LogP contribution in [0.1, 0.15) is 79.6 Å². The molecule has 7 rings (SSSR count). The van der Waals surface area contributed by atoms with Gasteiger partial charge < -0.3 is 14.8 Å². The van der Waals surface area contributed by atoms with Crippen molar-refractivity contribution in [2.45, 2.75) is 80.3 Å². The molecule has 2 atom stereocenters. The van der Waals surface area contributed by atoms with Crippen molar-refractivity contribution in [1.82, 2.24) is 24.6 Å². The summed E-state index contributed by atoms with van der Waals surface area (Å²) in [5.74, 6) is -2.99. The summed E-state index contributed by atoms with van der Waals surface area (Å²) < 4.78 is 73.0. The zero-order valence-corrected chi connectivity index (χ0v) is 23.1. The summed E-state index contributed by atoms with van der Waals surface area (Å²) in [5, 5.41) is 11.0. The molecule has 226 valence electrons. The summed E-state index contributed by atoms with van der Waals surface area (Å²) in [4.78, 5) is 32.5. The number of hydrogen-bond donors (Lipinski definition) is 1. The summed E-state index contributed by atoms with van der Waals surface area (Å²) in [5.41, 5.74) is -1.97. The van der Waals surface area contributed by atoms with Crippen LogP contribution in [0.25, 0.3) is 0 Å². The maximum atomic E-state index is 14.9. The molecule has 5 heterocycles. The quantitative estimate of drug-likeness (QED) is 0.421. The van der Waals surface area contributed by atoms with Crippen molar-refractivity contribution in [2.75, 3.05) is 18.4 Å². The summed E-state index contributed by atoms with van der Waals surface area (Å²) >= 11 is 0. The van der Waals surface area contributed by atoms with E-state index < -0.39 is 40.5 Å². The third kappa shape index (κ3) is 4.33. The van der Waals surface area contributed by atoms with Crippen LogP contribution in [0.15, 0.2) is 36.5 Å². The highest BCUT2D eigenvalue weighted by Gasteiger charge is 2.67. The predicted octanol–water partition coefficient (Wildman–Crippen LogP) is 5.11. The van der Waals surface area contributed by atoms with Crippen LogP contribution in [-0.2, 0) is 27.0 Å². The fourth-order valence-electron chi connectivity index (χ4n) is 7.25. The minimum absolute atomic E-state index is 0.0210. The van der Waals surface area contributed by atoms with Crippen LogP contribution in [0, 0.1) is 11.6 Å². The van der Waals surface area contributed by atoms with Gasteiger partial charge in [-0.1, -0.05) is 18.2 Å². The van der Waals surface area contributed by atoms with Gasteiger partial charge in [0.15, 0.2) is 11.6 Å². The summed E-state index contributed by atoms with van der Waals surface area (Å²) in [7, 11) is 0. The molecule has 2 amide bonds. The molecule has 0 radical (unpaired) electrons. The number of amides is 2. The van der Waals surface area contributed by atoms with Gasteiger partial charge in [-0.15, -0.1) is 10.2 Å². The van der Waals surface area contributed by atoms with E-state index in [1.54, 1.807) is 17.2 Å². The van der Waals surface area contributed by atoms with Gasteiger partial charge in [0.1, 0.15) is 22.9 Å². The Morgan fingerprint density at radius 1 is 1.02 bits per heavy atom. The first-order valence-corrected chi connectivity index (χ1v) is 14.5. The molecule has 1 aliphatic carbocycles. The first-order valence-electron chi connectivity index (χ1n) is 14.5. The predicted molar refractivity (Wildman–Crippen MR) is 143 cm³/mol. The van der Waals surface area contributed by atoms with E-state index >= 15 is 0 Å². The van der Waals surface area contributed by atoms with Crippen molar-refractivity contribution >= 4 is 17.6 Å². The average molecular weight is 601 g/mol. The van der Waals surface area contributed by atoms with E-state index in [0.29, 0.717) is 44.6 Å². The van der Waals surface area contributed by atoms with Crippen molar-refractivity contribution < 1.29 is 31.5 Å². The van der Waals surface area contributed by atoms with Gasteiger partial charge in [0, 0.05) is 49.7 Å². The maximum absolute atomic E-state index is 14.9. The number of fused-ring (bicyclic) bond motifs is 3. The SMILES string of the molecule is O=C(C[C@@H]1CC[C@@H](c2cccc(F)c2F)Cn2c1nnc2C1(C(F)(F)F)CC1)N1CCC2(CC1)C(=O)Nc1ncccc12. The molecule has 43 heavy (non-hydrogen) atoms. The van der Waals surface area contributed by atoms with Gasteiger partial charge in [-0.05, 0) is 56.2 Å². The number of carbonyl (C=O) groups excluding carboxylic acids is 2. The fraction of sp³-hybridized carbons (Fsp3) is 0.500. The largest absolute Gasteiger partial charge is 0.401 e. The van der Waals surface area contributed by atoms with Crippen molar-refractivity contribution in [2.24, 2.45) is 0 Å². The van der Waals surface area contributed by atoms with Gasteiger partial charge in [0.2, 0.25) is 11.8 Å². The first kappa shape index (κ1) is 27.9. The van der Waals surface area contributed by atoms with Crippen LogP contribution < -0.4 is 5.32 Å². The molecule has 0 bridgehead atoms. The van der Waals surface area contributed by atoms with Crippen LogP contribution in [0.3, 0.4) is 0 Å². The lowest BCUT2D eigenvalue weighted by Gasteiger charge is -2.38. The molecule has 1 saturated heterocycles. The van der Waals surface area contributed by atoms with Crippen LogP contribution in [-0.4, -0.2) is 55.7 Å². The highest BCUT2D eigenvalue weighted by atomic mass is 19.4. The average Bonchev–Trinajstić information content (AvgIpc) is 3.68. The molecule has 1 N–H and O–H groups in total. The normalized spacial score (nSPS) is 23.8. The van der Waals surface area contributed by atoms with E-state index in [1.807, 2.05) is 6.07 Å². The van der Waals surface area contributed by atoms with E-state index in [-0.39, 0.29) is 54.8 Å². The minimum Gasteiger partial charge on any atom is -0.343 e. The fourth-order valence-corrected chi connectivity index (χ4v) is 7.25. The van der Waals surface area contributed by atoms with E-state index in [4.69, 9.17) is 0 Å². The Hall–Kier alpha value is -3.90. The topological polar surface area (TPSA) is 93.0 Å². The lowest BCUT2D eigenvalue weighted by Crippen LogP contribution is -2.48. The third-order valence-electron chi connectivity index (χ3n) is 9.93. The number of likely N-dealkylation sites (tertiary alicyclic amines) is 1. The monoisotopic (exact) mass is 600 g/mol. The van der Waals surface area contributed by atoms with Gasteiger partial charge in [0.25, 0.3) is 0 Å². The van der Waals surface area contributed by atoms with Gasteiger partial charge in [0.05, 0.1) is 5.41 Å². The Bertz CT molecular complexity index is 1610. The Labute approximate surface area is 243 Å². The Morgan fingerprint density at radius 2 is 1.79 bits per heavy atom. The molecular weight excluding hydrogens is 571 g/mol. The summed E-state index contributed by atoms with van der Waals surface area (Å²) in [6, 6.07) is 7.49. The number of rotatable bonds is 4. The lowest BCUT2D eigenvalue weighted by atomic mass is 9.74. The molecule has 0 unspecified atom stereocenters. The first-order chi connectivity index (χ1) is 20.5. The molecule has 1 spiro atoms. The Balaban J connectivity index is 1.15. The molecule has 2 fully saturated rings. The standard InChI is InChI=1S/C30H29F5N6O2/c31-21-5-1-3-19(23(21)32)18-7-6-17(25-38-39-26(41(25)16-18)29(8-9-29)30(33,34)35)15-22(42)40-13-10-28(11-14-40)20-4-2-12-36-24(20)37-27(28)43/h1-5,12,17-18H,6-11,13-16H2,(H,36,37,43)/t17-,18+/m0/s1. The second-order valence-corrected chi connectivity index (χ2v) is 12.2. The molecule has 4 aliphatic rings. The second kappa shape index (κ2) is 9.81. The molecule has 8 nitrogen and oxygen atoms in total. The van der Waals surface area contributed by atoms with Gasteiger partial charge in [-0.25, -0.2) is 13.8 Å². The molecular formula is C30H29F5N6O2. The Kier molecular flexibility index (Phi) is 6.37. The van der Waals surface area contributed by atoms with Gasteiger partial charge in [-0.3, -0.25) is 9.59 Å². The van der Waals surface area contributed by atoms with Crippen LogP contribution >= 0.6 is 0 Å². The molecule has 1 saturated carbocycles. The number of carbonyl (C=O) groups is 2. The van der Waals surface area contributed by atoms with E-state index in [2.05, 4.69) is 20.5 Å². The summed E-state index contributed by atoms with van der Waals surface area (Å²) in [6.45, 7) is 0.620. The molecule has 3 aromatic rings. The highest BCUT2D eigenvalue weighted by molar-refractivity contribution is 6.05. The van der Waals surface area contributed by atoms with E-state index in [1.165, 1.54) is 16.7 Å². The molecule has 2 aromatic heterocycles. The second-order valence-electron chi connectivity index (χ2n) is 12.2. The lowest BCUT2D eigenvalue weighted by molar-refractivity contribution is -0.163. The summed E-state index contributed by atoms with van der Waals surface area (Å²) in [6.07, 6.45) is -1.70. The van der Waals surface area contributed by atoms with Gasteiger partial charge in [-0.2, -0.15) is 13.2 Å². The smallest absolute Gasteiger partial charge is 0.343 e. The number of anilines is 1. The van der Waals surface area contributed by atoms with Crippen LogP contribution in [0.2, 0.25) is 0 Å². The highest BCUT2D eigenvalue weighted by Crippen LogP contribution is 2.59. The van der Waals surface area contributed by atoms with Crippen molar-refractivity contribution in [3.63, 3.8) is 0 Å². The zero-order chi connectivity index (χ0) is 30.1. The molecule has 1 aromatic carbocycles. The van der Waals surface area contributed by atoms with Crippen molar-refractivity contribution in [1.29, 1.82) is 0 Å².